The fourth-order valence-corrected chi connectivity index (χ4v) is 5.80. The summed E-state index contributed by atoms with van der Waals surface area (Å²) in [5.41, 5.74) is 1.26. The van der Waals surface area contributed by atoms with Crippen LogP contribution in [0.2, 0.25) is 5.02 Å². The first kappa shape index (κ1) is 25.7. The summed E-state index contributed by atoms with van der Waals surface area (Å²) >= 11 is 7.81. The zero-order valence-corrected chi connectivity index (χ0v) is 21.5. The van der Waals surface area contributed by atoms with Crippen molar-refractivity contribution in [3.05, 3.63) is 62.5 Å². The monoisotopic (exact) mass is 549 g/mol. The second kappa shape index (κ2) is 10.8. The molecule has 0 spiro atoms. The Bertz CT molecular complexity index is 1240. The number of thiazole rings is 1. The molecule has 3 atom stereocenters. The van der Waals surface area contributed by atoms with Crippen LogP contribution in [-0.2, 0) is 19.1 Å². The number of aliphatic hydroxyl groups excluding tert-OH is 1. The molecule has 37 heavy (non-hydrogen) atoms. The van der Waals surface area contributed by atoms with E-state index in [1.54, 1.807) is 11.1 Å². The number of amides is 1. The largest absolute Gasteiger partial charge is 0.466 e. The van der Waals surface area contributed by atoms with Crippen molar-refractivity contribution >= 4 is 40.6 Å². The van der Waals surface area contributed by atoms with E-state index < -0.39 is 24.4 Å². The number of aromatic nitrogens is 1. The van der Waals surface area contributed by atoms with Crippen LogP contribution in [-0.4, -0.2) is 96.3 Å². The van der Waals surface area contributed by atoms with Crippen molar-refractivity contribution in [2.24, 2.45) is 4.99 Å². The molecule has 0 saturated carbocycles. The molecular formula is C24H25ClFN5O5S. The van der Waals surface area contributed by atoms with Gasteiger partial charge in [-0.1, -0.05) is 17.7 Å². The molecule has 1 amide bonds. The molecule has 2 N–H and O–H groups in total. The van der Waals surface area contributed by atoms with Crippen LogP contribution in [0.3, 0.4) is 0 Å². The minimum atomic E-state index is -0.857. The average Bonchev–Trinajstić information content (AvgIpc) is 3.42. The second-order valence-electron chi connectivity index (χ2n) is 8.87. The van der Waals surface area contributed by atoms with Crippen LogP contribution in [0.5, 0.6) is 0 Å². The summed E-state index contributed by atoms with van der Waals surface area (Å²) in [6.07, 6.45) is 1.66. The van der Waals surface area contributed by atoms with Gasteiger partial charge in [-0.3, -0.25) is 14.7 Å². The normalized spacial score (nSPS) is 23.9. The average molecular weight is 550 g/mol. The van der Waals surface area contributed by atoms with E-state index >= 15 is 0 Å². The van der Waals surface area contributed by atoms with Gasteiger partial charge in [0.2, 0.25) is 5.91 Å². The van der Waals surface area contributed by atoms with Gasteiger partial charge in [-0.25, -0.2) is 14.2 Å². The fraction of sp³-hybridized carbons (Fsp3) is 0.417. The lowest BCUT2D eigenvalue weighted by atomic mass is 9.94. The SMILES string of the molecule is COC(=O)C1=C(CN2C3COC[C@H]2CN(C(=O)CO)C3)NC(c2nccs2)=NC1c1ccc(F)cc1Cl. The Morgan fingerprint density at radius 1 is 1.32 bits per heavy atom. The summed E-state index contributed by atoms with van der Waals surface area (Å²) in [6, 6.07) is 2.82. The topological polar surface area (TPSA) is 117 Å². The predicted octanol–water partition coefficient (Wildman–Crippen LogP) is 1.36. The van der Waals surface area contributed by atoms with E-state index in [-0.39, 0.29) is 28.6 Å². The summed E-state index contributed by atoms with van der Waals surface area (Å²) < 4.78 is 24.8. The number of carbonyl (C=O) groups excluding carboxylic acids is 2. The molecule has 1 aromatic heterocycles. The van der Waals surface area contributed by atoms with E-state index in [2.05, 4.69) is 15.2 Å². The van der Waals surface area contributed by atoms with E-state index in [9.17, 15) is 19.1 Å². The van der Waals surface area contributed by atoms with Crippen molar-refractivity contribution in [2.75, 3.05) is 46.6 Å². The van der Waals surface area contributed by atoms with E-state index in [4.69, 9.17) is 26.1 Å². The van der Waals surface area contributed by atoms with Crippen LogP contribution in [0.1, 0.15) is 16.6 Å². The van der Waals surface area contributed by atoms with E-state index in [0.29, 0.717) is 55.0 Å². The minimum Gasteiger partial charge on any atom is -0.466 e. The Hall–Kier alpha value is -2.90. The van der Waals surface area contributed by atoms with Crippen molar-refractivity contribution in [3.8, 4) is 0 Å². The predicted molar refractivity (Wildman–Crippen MR) is 134 cm³/mol. The number of benzene rings is 1. The van der Waals surface area contributed by atoms with Crippen molar-refractivity contribution in [1.29, 1.82) is 0 Å². The van der Waals surface area contributed by atoms with Crippen LogP contribution < -0.4 is 5.32 Å². The molecule has 3 aliphatic heterocycles. The number of fused-ring (bicyclic) bond motifs is 2. The molecule has 2 bridgehead atoms. The van der Waals surface area contributed by atoms with Gasteiger partial charge in [0.05, 0.1) is 38.0 Å². The Morgan fingerprint density at radius 3 is 2.70 bits per heavy atom. The number of morpholine rings is 1. The molecule has 2 saturated heterocycles. The fourth-order valence-electron chi connectivity index (χ4n) is 4.94. The van der Waals surface area contributed by atoms with Gasteiger partial charge in [0.25, 0.3) is 0 Å². The molecule has 4 heterocycles. The van der Waals surface area contributed by atoms with Crippen molar-refractivity contribution in [2.45, 2.75) is 18.1 Å². The molecule has 1 aromatic carbocycles. The molecule has 3 aliphatic rings. The summed E-state index contributed by atoms with van der Waals surface area (Å²) in [5.74, 6) is -0.964. The third-order valence-electron chi connectivity index (χ3n) is 6.67. The molecule has 2 fully saturated rings. The number of aliphatic imine (C=N–C) groups is 1. The van der Waals surface area contributed by atoms with Crippen molar-refractivity contribution < 1.29 is 28.6 Å². The van der Waals surface area contributed by atoms with Gasteiger partial charge in [-0.2, -0.15) is 0 Å². The zero-order valence-electron chi connectivity index (χ0n) is 19.9. The Morgan fingerprint density at radius 2 is 2.08 bits per heavy atom. The maximum atomic E-state index is 13.9. The highest BCUT2D eigenvalue weighted by molar-refractivity contribution is 7.11. The van der Waals surface area contributed by atoms with Crippen LogP contribution >= 0.6 is 22.9 Å². The van der Waals surface area contributed by atoms with E-state index in [0.717, 1.165) is 0 Å². The number of nitrogens with one attached hydrogen (secondary N) is 1. The molecule has 196 valence electrons. The van der Waals surface area contributed by atoms with Gasteiger partial charge < -0.3 is 24.8 Å². The standard InChI is InChI=1S/C24H25ClFN5O5S/c1-35-24(34)20-18(9-31-14-7-30(19(33)10-32)8-15(31)12-36-11-14)28-22(23-27-4-5-37-23)29-21(20)16-3-2-13(26)6-17(16)25/h2-6,14-15,21,32H,7-12H2,1H3,(H,28,29)/t14-,15?,21?/m1/s1. The summed E-state index contributed by atoms with van der Waals surface area (Å²) in [5, 5.41) is 15.2. The summed E-state index contributed by atoms with van der Waals surface area (Å²) in [7, 11) is 1.29. The number of methoxy groups -OCH3 is 1. The number of carbonyl (C=O) groups is 2. The lowest BCUT2D eigenvalue weighted by Crippen LogP contribution is -2.66. The smallest absolute Gasteiger partial charge is 0.338 e. The molecule has 10 nitrogen and oxygen atoms in total. The third-order valence-corrected chi connectivity index (χ3v) is 7.78. The first-order chi connectivity index (χ1) is 17.9. The minimum absolute atomic E-state index is 0.135. The number of nitrogens with zero attached hydrogens (tertiary/aromatic N) is 4. The van der Waals surface area contributed by atoms with Gasteiger partial charge in [0, 0.05) is 47.5 Å². The van der Waals surface area contributed by atoms with Gasteiger partial charge in [0.1, 0.15) is 18.5 Å². The number of ether oxygens (including phenoxy) is 2. The zero-order chi connectivity index (χ0) is 26.1. The van der Waals surface area contributed by atoms with Crippen LogP contribution in [0, 0.1) is 5.82 Å². The van der Waals surface area contributed by atoms with Gasteiger partial charge in [-0.05, 0) is 12.1 Å². The van der Waals surface area contributed by atoms with Crippen molar-refractivity contribution in [3.63, 3.8) is 0 Å². The van der Waals surface area contributed by atoms with Gasteiger partial charge in [-0.15, -0.1) is 11.3 Å². The number of rotatable bonds is 6. The summed E-state index contributed by atoms with van der Waals surface area (Å²) in [6.45, 7) is 1.33. The number of amidine groups is 1. The third kappa shape index (κ3) is 5.12. The van der Waals surface area contributed by atoms with E-state index in [1.807, 2.05) is 5.38 Å². The number of halogens is 2. The number of hydrogen-bond acceptors (Lipinski definition) is 10. The number of esters is 1. The second-order valence-corrected chi connectivity index (χ2v) is 10.2. The molecular weight excluding hydrogens is 525 g/mol. The van der Waals surface area contributed by atoms with Crippen LogP contribution in [0.4, 0.5) is 4.39 Å². The molecule has 2 unspecified atom stereocenters. The molecule has 0 aliphatic carbocycles. The Balaban J connectivity index is 1.56. The quantitative estimate of drug-likeness (QED) is 0.519. The maximum absolute atomic E-state index is 13.9. The Kier molecular flexibility index (Phi) is 7.54. The van der Waals surface area contributed by atoms with E-state index in [1.165, 1.54) is 36.6 Å². The molecule has 2 aromatic rings. The van der Waals surface area contributed by atoms with Gasteiger partial charge in [0.15, 0.2) is 10.8 Å². The molecule has 5 rings (SSSR count). The number of piperazine rings is 1. The highest BCUT2D eigenvalue weighted by Gasteiger charge is 2.42. The Labute approximate surface area is 221 Å². The molecule has 0 radical (unpaired) electrons. The van der Waals surface area contributed by atoms with Gasteiger partial charge >= 0.3 is 5.97 Å². The first-order valence-corrected chi connectivity index (χ1v) is 12.9. The number of aliphatic hydroxyl groups is 1. The van der Waals surface area contributed by atoms with Crippen LogP contribution in [0.25, 0.3) is 0 Å². The first-order valence-electron chi connectivity index (χ1n) is 11.6. The lowest BCUT2D eigenvalue weighted by Gasteiger charge is -2.50. The lowest BCUT2D eigenvalue weighted by molar-refractivity contribution is -0.147. The van der Waals surface area contributed by atoms with Crippen molar-refractivity contribution in [1.82, 2.24) is 20.1 Å². The highest BCUT2D eigenvalue weighted by atomic mass is 35.5. The highest BCUT2D eigenvalue weighted by Crippen LogP contribution is 2.37. The number of hydrogen-bond donors (Lipinski definition) is 2. The summed E-state index contributed by atoms with van der Waals surface area (Å²) in [4.78, 5) is 38.3. The maximum Gasteiger partial charge on any atom is 0.338 e. The van der Waals surface area contributed by atoms with Crippen LogP contribution in [0.15, 0.2) is 46.0 Å². The molecule has 13 heteroatoms.